The highest BCUT2D eigenvalue weighted by molar-refractivity contribution is 5.59. The van der Waals surface area contributed by atoms with Gasteiger partial charge in [-0.25, -0.2) is 9.97 Å². The molecule has 0 bridgehead atoms. The van der Waals surface area contributed by atoms with Gasteiger partial charge in [0.05, 0.1) is 0 Å². The third-order valence-electron chi connectivity index (χ3n) is 3.13. The second-order valence-corrected chi connectivity index (χ2v) is 5.93. The lowest BCUT2D eigenvalue weighted by Crippen LogP contribution is -2.11. The van der Waals surface area contributed by atoms with Crippen LogP contribution < -0.4 is 5.32 Å². The molecule has 100 valence electrons. The van der Waals surface area contributed by atoms with Gasteiger partial charge in [0.25, 0.3) is 0 Å². The standard InChI is InChI=1S/C16H21N3/c1-11-10-13(16(3,4)5)6-7-14(11)19-15-17-9-8-12(2)18-15/h6-10H,1-5H3,(H,17,18,19). The molecule has 0 saturated carbocycles. The summed E-state index contributed by atoms with van der Waals surface area (Å²) in [6, 6.07) is 8.37. The highest BCUT2D eigenvalue weighted by Gasteiger charge is 2.14. The number of anilines is 2. The molecule has 2 rings (SSSR count). The zero-order valence-corrected chi connectivity index (χ0v) is 12.3. The van der Waals surface area contributed by atoms with Gasteiger partial charge in [-0.2, -0.15) is 0 Å². The van der Waals surface area contributed by atoms with Crippen molar-refractivity contribution >= 4 is 11.6 Å². The lowest BCUT2D eigenvalue weighted by Gasteiger charge is -2.20. The number of nitrogens with zero attached hydrogens (tertiary/aromatic N) is 2. The van der Waals surface area contributed by atoms with Gasteiger partial charge < -0.3 is 5.32 Å². The Morgan fingerprint density at radius 2 is 1.79 bits per heavy atom. The maximum absolute atomic E-state index is 4.36. The highest BCUT2D eigenvalue weighted by Crippen LogP contribution is 2.27. The van der Waals surface area contributed by atoms with Crippen LogP contribution in [0.5, 0.6) is 0 Å². The molecule has 0 aliphatic rings. The lowest BCUT2D eigenvalue weighted by molar-refractivity contribution is 0.590. The van der Waals surface area contributed by atoms with Gasteiger partial charge in [-0.15, -0.1) is 0 Å². The molecule has 1 aromatic heterocycles. The molecule has 1 heterocycles. The summed E-state index contributed by atoms with van der Waals surface area (Å²) in [5.74, 6) is 0.645. The number of hydrogen-bond donors (Lipinski definition) is 1. The molecule has 3 nitrogen and oxygen atoms in total. The minimum Gasteiger partial charge on any atom is -0.324 e. The molecule has 19 heavy (non-hydrogen) atoms. The van der Waals surface area contributed by atoms with Gasteiger partial charge in [0.15, 0.2) is 0 Å². The first-order chi connectivity index (χ1) is 8.86. The molecule has 0 atom stereocenters. The van der Waals surface area contributed by atoms with Crippen molar-refractivity contribution in [2.24, 2.45) is 0 Å². The molecule has 0 unspecified atom stereocenters. The second kappa shape index (κ2) is 5.00. The Morgan fingerprint density at radius 1 is 1.05 bits per heavy atom. The van der Waals surface area contributed by atoms with Crippen LogP contribution in [0.15, 0.2) is 30.5 Å². The smallest absolute Gasteiger partial charge is 0.227 e. The predicted molar refractivity (Wildman–Crippen MR) is 79.9 cm³/mol. The fourth-order valence-electron chi connectivity index (χ4n) is 1.90. The van der Waals surface area contributed by atoms with Gasteiger partial charge in [-0.1, -0.05) is 32.9 Å². The van der Waals surface area contributed by atoms with E-state index in [-0.39, 0.29) is 5.41 Å². The molecule has 0 saturated heterocycles. The monoisotopic (exact) mass is 255 g/mol. The third-order valence-corrected chi connectivity index (χ3v) is 3.13. The second-order valence-electron chi connectivity index (χ2n) is 5.93. The Bertz CT molecular complexity index is 583. The van der Waals surface area contributed by atoms with Crippen LogP contribution in [0.1, 0.15) is 37.6 Å². The molecule has 0 aliphatic carbocycles. The molecule has 3 heteroatoms. The van der Waals surface area contributed by atoms with Crippen molar-refractivity contribution in [3.05, 3.63) is 47.3 Å². The van der Waals surface area contributed by atoms with Crippen LogP contribution in [0.4, 0.5) is 11.6 Å². The average Bonchev–Trinajstić information content (AvgIpc) is 2.30. The molecule has 0 aliphatic heterocycles. The van der Waals surface area contributed by atoms with Crippen molar-refractivity contribution in [2.45, 2.75) is 40.0 Å². The largest absolute Gasteiger partial charge is 0.324 e. The van der Waals surface area contributed by atoms with Crippen LogP contribution in [-0.4, -0.2) is 9.97 Å². The molecular weight excluding hydrogens is 234 g/mol. The van der Waals surface area contributed by atoms with Crippen molar-refractivity contribution in [2.75, 3.05) is 5.32 Å². The number of rotatable bonds is 2. The van der Waals surface area contributed by atoms with Gasteiger partial charge in [-0.05, 0) is 42.5 Å². The Kier molecular flexibility index (Phi) is 3.56. The summed E-state index contributed by atoms with van der Waals surface area (Å²) < 4.78 is 0. The summed E-state index contributed by atoms with van der Waals surface area (Å²) >= 11 is 0. The minimum atomic E-state index is 0.170. The molecule has 1 N–H and O–H groups in total. The fraction of sp³-hybridized carbons (Fsp3) is 0.375. The molecule has 1 aromatic carbocycles. The van der Waals surface area contributed by atoms with Gasteiger partial charge in [0, 0.05) is 17.6 Å². The van der Waals surface area contributed by atoms with E-state index < -0.39 is 0 Å². The summed E-state index contributed by atoms with van der Waals surface area (Å²) in [6.07, 6.45) is 1.77. The van der Waals surface area contributed by atoms with Crippen LogP contribution in [0, 0.1) is 13.8 Å². The van der Waals surface area contributed by atoms with E-state index in [1.54, 1.807) is 6.20 Å². The Labute approximate surface area is 115 Å². The van der Waals surface area contributed by atoms with Gasteiger partial charge in [-0.3, -0.25) is 0 Å². The molecule has 0 radical (unpaired) electrons. The quantitative estimate of drug-likeness (QED) is 0.876. The number of aryl methyl sites for hydroxylation is 2. The highest BCUT2D eigenvalue weighted by atomic mass is 15.1. The van der Waals surface area contributed by atoms with E-state index in [9.17, 15) is 0 Å². The van der Waals surface area contributed by atoms with Crippen molar-refractivity contribution in [1.29, 1.82) is 0 Å². The van der Waals surface area contributed by atoms with Crippen molar-refractivity contribution < 1.29 is 0 Å². The average molecular weight is 255 g/mol. The van der Waals surface area contributed by atoms with Crippen molar-refractivity contribution in [3.63, 3.8) is 0 Å². The van der Waals surface area contributed by atoms with Gasteiger partial charge in [0.2, 0.25) is 5.95 Å². The van der Waals surface area contributed by atoms with E-state index in [2.05, 4.69) is 61.2 Å². The van der Waals surface area contributed by atoms with Crippen LogP contribution in [0.25, 0.3) is 0 Å². The van der Waals surface area contributed by atoms with Crippen molar-refractivity contribution in [3.8, 4) is 0 Å². The first-order valence-electron chi connectivity index (χ1n) is 6.54. The molecule has 0 spiro atoms. The summed E-state index contributed by atoms with van der Waals surface area (Å²) in [5, 5.41) is 3.27. The van der Waals surface area contributed by atoms with Crippen LogP contribution >= 0.6 is 0 Å². The molecule has 2 aromatic rings. The Balaban J connectivity index is 2.27. The summed E-state index contributed by atoms with van der Waals surface area (Å²) in [4.78, 5) is 8.58. The maximum atomic E-state index is 4.36. The summed E-state index contributed by atoms with van der Waals surface area (Å²) in [7, 11) is 0. The van der Waals surface area contributed by atoms with E-state index in [1.807, 2.05) is 13.0 Å². The van der Waals surface area contributed by atoms with Crippen LogP contribution in [-0.2, 0) is 5.41 Å². The van der Waals surface area contributed by atoms with Crippen molar-refractivity contribution in [1.82, 2.24) is 9.97 Å². The summed E-state index contributed by atoms with van der Waals surface area (Å²) in [6.45, 7) is 10.7. The molecule has 0 amide bonds. The van der Waals surface area contributed by atoms with E-state index in [0.29, 0.717) is 5.95 Å². The maximum Gasteiger partial charge on any atom is 0.227 e. The third kappa shape index (κ3) is 3.31. The summed E-state index contributed by atoms with van der Waals surface area (Å²) in [5.41, 5.74) is 4.72. The number of nitrogens with one attached hydrogen (secondary N) is 1. The van der Waals surface area contributed by atoms with E-state index >= 15 is 0 Å². The Morgan fingerprint density at radius 3 is 2.37 bits per heavy atom. The van der Waals surface area contributed by atoms with E-state index in [0.717, 1.165) is 11.4 Å². The van der Waals surface area contributed by atoms with E-state index in [4.69, 9.17) is 0 Å². The van der Waals surface area contributed by atoms with Crippen LogP contribution in [0.2, 0.25) is 0 Å². The number of benzene rings is 1. The fourth-order valence-corrected chi connectivity index (χ4v) is 1.90. The zero-order chi connectivity index (χ0) is 14.0. The SMILES string of the molecule is Cc1ccnc(Nc2ccc(C(C)(C)C)cc2C)n1. The van der Waals surface area contributed by atoms with Crippen LogP contribution in [0.3, 0.4) is 0 Å². The normalized spacial score (nSPS) is 11.4. The topological polar surface area (TPSA) is 37.8 Å². The van der Waals surface area contributed by atoms with E-state index in [1.165, 1.54) is 11.1 Å². The number of hydrogen-bond acceptors (Lipinski definition) is 3. The first-order valence-corrected chi connectivity index (χ1v) is 6.54. The molecule has 0 fully saturated rings. The predicted octanol–water partition coefficient (Wildman–Crippen LogP) is 4.13. The van der Waals surface area contributed by atoms with Gasteiger partial charge in [0.1, 0.15) is 0 Å². The Hall–Kier alpha value is -1.90. The molecular formula is C16H21N3. The lowest BCUT2D eigenvalue weighted by atomic mass is 9.86. The number of aromatic nitrogens is 2. The minimum absolute atomic E-state index is 0.170. The van der Waals surface area contributed by atoms with Gasteiger partial charge >= 0.3 is 0 Å². The zero-order valence-electron chi connectivity index (χ0n) is 12.3. The first kappa shape index (κ1) is 13.5.